The molecule has 8 heavy (non-hydrogen) atoms. The van der Waals surface area contributed by atoms with Gasteiger partial charge in [-0.15, -0.1) is 12.6 Å². The van der Waals surface area contributed by atoms with Crippen LogP contribution in [0.15, 0.2) is 0 Å². The zero-order valence-corrected chi connectivity index (χ0v) is 5.53. The van der Waals surface area contributed by atoms with Crippen molar-refractivity contribution >= 4 is 17.7 Å². The highest BCUT2D eigenvalue weighted by molar-refractivity contribution is 7.96. The fourth-order valence-electron chi connectivity index (χ4n) is 0.731. The summed E-state index contributed by atoms with van der Waals surface area (Å²) in [4.78, 5) is 12.3. The molecule has 1 saturated heterocycles. The highest BCUT2D eigenvalue weighted by atomic mass is 32.1. The summed E-state index contributed by atoms with van der Waals surface area (Å²) in [6, 6.07) is 0. The molecule has 0 saturated carbocycles. The second-order valence-corrected chi connectivity index (χ2v) is 2.52. The zero-order valence-electron chi connectivity index (χ0n) is 4.63. The summed E-state index contributed by atoms with van der Waals surface area (Å²) in [5.74, 6) is 0. The van der Waals surface area contributed by atoms with Crippen molar-refractivity contribution in [1.82, 2.24) is 4.90 Å². The largest absolute Gasteiger partial charge is 0.295 e. The molecule has 1 aliphatic rings. The second kappa shape index (κ2) is 2.51. The van der Waals surface area contributed by atoms with Crippen molar-refractivity contribution < 1.29 is 4.79 Å². The zero-order chi connectivity index (χ0) is 5.98. The maximum Gasteiger partial charge on any atom is 0.199 e. The summed E-state index contributed by atoms with van der Waals surface area (Å²) >= 11 is 3.64. The Kier molecular flexibility index (Phi) is 1.91. The first-order valence-corrected chi connectivity index (χ1v) is 3.18. The summed E-state index contributed by atoms with van der Waals surface area (Å²) in [6.45, 7) is 2.68. The third-order valence-corrected chi connectivity index (χ3v) is 1.45. The van der Waals surface area contributed by atoms with Gasteiger partial charge in [-0.05, 0) is 19.5 Å². The van der Waals surface area contributed by atoms with Crippen LogP contribution in [0, 0.1) is 0 Å². The number of rotatable bonds is 2. The van der Waals surface area contributed by atoms with Gasteiger partial charge in [-0.2, -0.15) is 0 Å². The Balaban J connectivity index is 2.09. The van der Waals surface area contributed by atoms with E-state index in [1.54, 1.807) is 0 Å². The van der Waals surface area contributed by atoms with Gasteiger partial charge in [0.15, 0.2) is 5.12 Å². The van der Waals surface area contributed by atoms with E-state index in [1.165, 1.54) is 6.42 Å². The Bertz CT molecular complexity index is 101. The lowest BCUT2D eigenvalue weighted by molar-refractivity contribution is -0.112. The molecular weight excluding hydrogens is 122 g/mol. The fraction of sp³-hybridized carbons (Fsp3) is 0.800. The highest BCUT2D eigenvalue weighted by Gasteiger charge is 2.14. The average molecular weight is 131 g/mol. The molecule has 0 unspecified atom stereocenters. The van der Waals surface area contributed by atoms with Crippen molar-refractivity contribution in [2.75, 3.05) is 19.6 Å². The van der Waals surface area contributed by atoms with Gasteiger partial charge in [0.25, 0.3) is 0 Å². The van der Waals surface area contributed by atoms with Crippen LogP contribution in [-0.4, -0.2) is 29.6 Å². The highest BCUT2D eigenvalue weighted by Crippen LogP contribution is 2.04. The van der Waals surface area contributed by atoms with E-state index in [1.807, 2.05) is 0 Å². The molecule has 0 aromatic rings. The second-order valence-electron chi connectivity index (χ2n) is 2.02. The molecule has 0 spiro atoms. The van der Waals surface area contributed by atoms with Gasteiger partial charge in [0.1, 0.15) is 0 Å². The normalized spacial score (nSPS) is 20.1. The van der Waals surface area contributed by atoms with Gasteiger partial charge in [0.2, 0.25) is 0 Å². The van der Waals surface area contributed by atoms with Crippen molar-refractivity contribution in [3.8, 4) is 0 Å². The van der Waals surface area contributed by atoms with E-state index >= 15 is 0 Å². The first-order valence-electron chi connectivity index (χ1n) is 2.73. The molecule has 1 heterocycles. The Labute approximate surface area is 54.3 Å². The molecule has 3 heteroatoms. The van der Waals surface area contributed by atoms with E-state index in [0.29, 0.717) is 6.54 Å². The molecule has 0 aromatic carbocycles. The number of thiol groups is 1. The smallest absolute Gasteiger partial charge is 0.199 e. The van der Waals surface area contributed by atoms with Gasteiger partial charge < -0.3 is 0 Å². The van der Waals surface area contributed by atoms with Crippen LogP contribution in [0.4, 0.5) is 0 Å². The lowest BCUT2D eigenvalue weighted by Gasteiger charge is -2.28. The number of hydrogen-bond acceptors (Lipinski definition) is 2. The summed E-state index contributed by atoms with van der Waals surface area (Å²) in [7, 11) is 0. The van der Waals surface area contributed by atoms with Gasteiger partial charge >= 0.3 is 0 Å². The van der Waals surface area contributed by atoms with Crippen LogP contribution in [-0.2, 0) is 4.79 Å². The van der Waals surface area contributed by atoms with Crippen LogP contribution in [0.3, 0.4) is 0 Å². The minimum Gasteiger partial charge on any atom is -0.295 e. The van der Waals surface area contributed by atoms with E-state index in [2.05, 4.69) is 17.5 Å². The minimum absolute atomic E-state index is 0.0234. The molecule has 1 rings (SSSR count). The van der Waals surface area contributed by atoms with Gasteiger partial charge in [0.05, 0.1) is 6.54 Å². The van der Waals surface area contributed by atoms with Crippen molar-refractivity contribution in [1.29, 1.82) is 0 Å². The molecular formula is C5H9NOS. The topological polar surface area (TPSA) is 20.3 Å². The van der Waals surface area contributed by atoms with Crippen LogP contribution in [0.5, 0.6) is 0 Å². The van der Waals surface area contributed by atoms with E-state index < -0.39 is 0 Å². The third-order valence-electron chi connectivity index (χ3n) is 1.31. The van der Waals surface area contributed by atoms with E-state index in [9.17, 15) is 4.79 Å². The summed E-state index contributed by atoms with van der Waals surface area (Å²) in [6.07, 6.45) is 1.24. The van der Waals surface area contributed by atoms with Crippen molar-refractivity contribution in [3.63, 3.8) is 0 Å². The fourth-order valence-corrected chi connectivity index (χ4v) is 0.931. The van der Waals surface area contributed by atoms with Crippen LogP contribution in [0.2, 0.25) is 0 Å². The van der Waals surface area contributed by atoms with Crippen LogP contribution >= 0.6 is 12.6 Å². The summed E-state index contributed by atoms with van der Waals surface area (Å²) < 4.78 is 0. The van der Waals surface area contributed by atoms with Crippen molar-refractivity contribution in [2.45, 2.75) is 6.42 Å². The van der Waals surface area contributed by atoms with Gasteiger partial charge in [-0.1, -0.05) is 0 Å². The quantitative estimate of drug-likeness (QED) is 0.538. The molecule has 1 fully saturated rings. The number of carbonyl (C=O) groups excluding carboxylic acids is 1. The molecule has 0 aromatic heterocycles. The summed E-state index contributed by atoms with van der Waals surface area (Å²) in [5, 5.41) is -0.0234. The standard InChI is InChI=1S/C5H9NOS/c7-5(8)4-6-2-1-3-6/h1-4H2,(H,7,8). The number of nitrogens with zero attached hydrogens (tertiary/aromatic N) is 1. The predicted molar refractivity (Wildman–Crippen MR) is 35.0 cm³/mol. The summed E-state index contributed by atoms with van der Waals surface area (Å²) in [5.41, 5.74) is 0. The van der Waals surface area contributed by atoms with Crippen LogP contribution in [0.1, 0.15) is 6.42 Å². The lowest BCUT2D eigenvalue weighted by atomic mass is 10.2. The molecule has 1 aliphatic heterocycles. The Morgan fingerprint density at radius 1 is 1.62 bits per heavy atom. The predicted octanol–water partition coefficient (Wildman–Crippen LogP) is 0.149. The third kappa shape index (κ3) is 1.49. The molecule has 46 valence electrons. The SMILES string of the molecule is O=C(S)CN1CCC1. The Morgan fingerprint density at radius 3 is 2.38 bits per heavy atom. The van der Waals surface area contributed by atoms with Gasteiger partial charge in [0, 0.05) is 0 Å². The number of likely N-dealkylation sites (tertiary alicyclic amines) is 1. The van der Waals surface area contributed by atoms with E-state index in [0.717, 1.165) is 13.1 Å². The van der Waals surface area contributed by atoms with Crippen LogP contribution < -0.4 is 0 Å². The first-order chi connectivity index (χ1) is 3.79. The molecule has 0 aliphatic carbocycles. The lowest BCUT2D eigenvalue weighted by Crippen LogP contribution is -2.39. The van der Waals surface area contributed by atoms with Gasteiger partial charge in [-0.3, -0.25) is 9.69 Å². The maximum absolute atomic E-state index is 10.3. The van der Waals surface area contributed by atoms with Crippen molar-refractivity contribution in [2.24, 2.45) is 0 Å². The average Bonchev–Trinajstić information content (AvgIpc) is 1.55. The maximum atomic E-state index is 10.3. The van der Waals surface area contributed by atoms with Crippen molar-refractivity contribution in [3.05, 3.63) is 0 Å². The minimum atomic E-state index is -0.0234. The number of hydrogen-bond donors (Lipinski definition) is 1. The molecule has 0 amide bonds. The molecule has 2 nitrogen and oxygen atoms in total. The molecule has 0 N–H and O–H groups in total. The number of carbonyl (C=O) groups is 1. The Morgan fingerprint density at radius 2 is 2.25 bits per heavy atom. The Hall–Kier alpha value is -0.0200. The van der Waals surface area contributed by atoms with E-state index in [-0.39, 0.29) is 5.12 Å². The first kappa shape index (κ1) is 6.11. The van der Waals surface area contributed by atoms with E-state index in [4.69, 9.17) is 0 Å². The molecule has 0 radical (unpaired) electrons. The monoisotopic (exact) mass is 131 g/mol. The molecule has 0 atom stereocenters. The van der Waals surface area contributed by atoms with Crippen LogP contribution in [0.25, 0.3) is 0 Å². The van der Waals surface area contributed by atoms with Gasteiger partial charge in [-0.25, -0.2) is 0 Å². The molecule has 0 bridgehead atoms.